The van der Waals surface area contributed by atoms with Crippen molar-refractivity contribution in [2.24, 2.45) is 5.73 Å². The lowest BCUT2D eigenvalue weighted by molar-refractivity contribution is -0.138. The van der Waals surface area contributed by atoms with Gasteiger partial charge in [0, 0.05) is 0 Å². The maximum absolute atomic E-state index is 10.8. The quantitative estimate of drug-likeness (QED) is 0.428. The Hall–Kier alpha value is 0.540. The summed E-state index contributed by atoms with van der Waals surface area (Å²) in [4.78, 5) is 28.0. The maximum atomic E-state index is 10.8. The van der Waals surface area contributed by atoms with Crippen molar-refractivity contribution in [3.63, 3.8) is 0 Å². The molecule has 1 unspecified atom stereocenters. The van der Waals surface area contributed by atoms with Crippen molar-refractivity contribution in [3.8, 4) is 0 Å². The monoisotopic (exact) mass is 353 g/mol. The fourth-order valence-corrected chi connectivity index (χ4v) is 1.48. The summed E-state index contributed by atoms with van der Waals surface area (Å²) in [5.74, 6) is -1.20. The summed E-state index contributed by atoms with van der Waals surface area (Å²) in [5, 5.41) is 8.43. The first-order chi connectivity index (χ1) is 6.08. The van der Waals surface area contributed by atoms with E-state index >= 15 is 0 Å². The Bertz CT molecular complexity index is 265. The molecule has 0 saturated heterocycles. The highest BCUT2D eigenvalue weighted by molar-refractivity contribution is 9.27. The minimum atomic E-state index is -4.37. The summed E-state index contributed by atoms with van der Waals surface area (Å²) in [6, 6.07) is -1.13. The fourth-order valence-electron chi connectivity index (χ4n) is 0.598. The number of hydrogen-bond acceptors (Lipinski definition) is 3. The van der Waals surface area contributed by atoms with Crippen molar-refractivity contribution in [2.45, 2.75) is 21.9 Å². The van der Waals surface area contributed by atoms with Crippen molar-refractivity contribution in [2.75, 3.05) is 0 Å². The average molecular weight is 355 g/mol. The molecule has 0 saturated carbocycles. The van der Waals surface area contributed by atoms with E-state index < -0.39 is 22.6 Å². The zero-order valence-corrected chi connectivity index (χ0v) is 11.0. The second-order valence-corrected chi connectivity index (χ2v) is 9.54. The highest BCUT2D eigenvalue weighted by Crippen LogP contribution is 2.61. The van der Waals surface area contributed by atoms with Crippen LogP contribution in [0.2, 0.25) is 0 Å². The number of halogens is 2. The van der Waals surface area contributed by atoms with Gasteiger partial charge in [-0.15, -0.1) is 0 Å². The number of carboxylic acids is 1. The van der Waals surface area contributed by atoms with Crippen LogP contribution in [0.5, 0.6) is 0 Å². The van der Waals surface area contributed by atoms with Gasteiger partial charge in [-0.1, -0.05) is 31.9 Å². The minimum Gasteiger partial charge on any atom is -0.480 e. The van der Waals surface area contributed by atoms with E-state index in [0.29, 0.717) is 0 Å². The molecule has 1 atom stereocenters. The lowest BCUT2D eigenvalue weighted by Crippen LogP contribution is -2.31. The second kappa shape index (κ2) is 5.05. The van der Waals surface area contributed by atoms with Crippen molar-refractivity contribution in [1.82, 2.24) is 0 Å². The molecule has 0 rings (SSSR count). The minimum absolute atomic E-state index is 0.0447. The van der Waals surface area contributed by atoms with Crippen LogP contribution in [0.3, 0.4) is 0 Å². The van der Waals surface area contributed by atoms with Crippen LogP contribution in [-0.4, -0.2) is 29.9 Å². The number of nitrogens with two attached hydrogens (primary N) is 1. The third-order valence-corrected chi connectivity index (χ3v) is 6.14. The topological polar surface area (TPSA) is 121 Å². The molecule has 0 aromatic carbocycles. The molecule has 6 nitrogen and oxygen atoms in total. The molecule has 0 bridgehead atoms. The van der Waals surface area contributed by atoms with Gasteiger partial charge in [-0.05, 0) is 12.8 Å². The highest BCUT2D eigenvalue weighted by atomic mass is 79.9. The average Bonchev–Trinajstić information content (AvgIpc) is 1.97. The van der Waals surface area contributed by atoms with Crippen molar-refractivity contribution in [3.05, 3.63) is 0 Å². The molecule has 0 heterocycles. The highest BCUT2D eigenvalue weighted by Gasteiger charge is 2.42. The van der Waals surface area contributed by atoms with Gasteiger partial charge in [-0.2, -0.15) is 0 Å². The van der Waals surface area contributed by atoms with Gasteiger partial charge in [-0.25, -0.2) is 0 Å². The van der Waals surface area contributed by atoms with Crippen molar-refractivity contribution in [1.29, 1.82) is 0 Å². The molecule has 9 heteroatoms. The number of carboxylic acid groups (broad SMARTS) is 1. The van der Waals surface area contributed by atoms with Gasteiger partial charge in [0.1, 0.15) is 6.04 Å². The summed E-state index contributed by atoms with van der Waals surface area (Å²) in [6.07, 6.45) is -0.137. The van der Waals surface area contributed by atoms with E-state index in [9.17, 15) is 9.36 Å². The van der Waals surface area contributed by atoms with Gasteiger partial charge in [-0.3, -0.25) is 9.36 Å². The second-order valence-electron chi connectivity index (χ2n) is 2.69. The summed E-state index contributed by atoms with van der Waals surface area (Å²) in [7, 11) is -4.37. The molecule has 0 aliphatic carbocycles. The Balaban J connectivity index is 4.27. The van der Waals surface area contributed by atoms with Crippen LogP contribution in [0.1, 0.15) is 12.8 Å². The molecule has 0 aromatic heterocycles. The number of rotatable bonds is 5. The molecule has 0 aliphatic rings. The molecule has 0 aromatic rings. The number of carbonyl (C=O) groups is 1. The molecule has 0 fully saturated rings. The Kier molecular flexibility index (Phi) is 5.24. The van der Waals surface area contributed by atoms with Crippen LogP contribution in [0, 0.1) is 0 Å². The molecule has 0 spiro atoms. The zero-order chi connectivity index (χ0) is 11.6. The molecule has 0 amide bonds. The standard InChI is InChI=1S/C5H10Br2NO5P/c6-5(7,14(11,12)13)2-1-3(8)4(9)10/h3H,1-2,8H2,(H,9,10)(H2,11,12,13). The molecular formula is C5H10Br2NO5P. The van der Waals surface area contributed by atoms with Crippen molar-refractivity contribution < 1.29 is 24.3 Å². The SMILES string of the molecule is NC(CCC(Br)(Br)P(=O)(O)O)C(=O)O. The summed E-state index contributed by atoms with van der Waals surface area (Å²) >= 11 is 5.57. The lowest BCUT2D eigenvalue weighted by Gasteiger charge is -2.22. The molecule has 0 radical (unpaired) electrons. The van der Waals surface area contributed by atoms with E-state index in [-0.39, 0.29) is 12.8 Å². The number of hydrogen-bond donors (Lipinski definition) is 4. The van der Waals surface area contributed by atoms with Crippen LogP contribution in [0.25, 0.3) is 0 Å². The third kappa shape index (κ3) is 4.37. The summed E-state index contributed by atoms with van der Waals surface area (Å²) < 4.78 is 9.25. The van der Waals surface area contributed by atoms with Gasteiger partial charge in [0.2, 0.25) is 0 Å². The van der Waals surface area contributed by atoms with Crippen LogP contribution in [0.4, 0.5) is 0 Å². The van der Waals surface area contributed by atoms with Crippen LogP contribution in [0.15, 0.2) is 0 Å². The van der Waals surface area contributed by atoms with E-state index in [4.69, 9.17) is 20.6 Å². The number of alkyl halides is 2. The molecule has 5 N–H and O–H groups in total. The first-order valence-corrected chi connectivity index (χ1v) is 6.69. The van der Waals surface area contributed by atoms with E-state index in [2.05, 4.69) is 31.9 Å². The first-order valence-electron chi connectivity index (χ1n) is 3.50. The van der Waals surface area contributed by atoms with Gasteiger partial charge < -0.3 is 20.6 Å². The van der Waals surface area contributed by atoms with Crippen molar-refractivity contribution >= 4 is 45.4 Å². The van der Waals surface area contributed by atoms with E-state index in [0.717, 1.165) is 0 Å². The normalized spacial score (nSPS) is 15.2. The van der Waals surface area contributed by atoms with Gasteiger partial charge in [0.05, 0.1) is 0 Å². The first kappa shape index (κ1) is 14.5. The Morgan fingerprint density at radius 1 is 1.50 bits per heavy atom. The predicted octanol–water partition coefficient (Wildman–Crippen LogP) is 0.800. The smallest absolute Gasteiger partial charge is 0.352 e. The van der Waals surface area contributed by atoms with Gasteiger partial charge >= 0.3 is 13.6 Å². The predicted molar refractivity (Wildman–Crippen MR) is 57.5 cm³/mol. The Morgan fingerprint density at radius 2 is 1.93 bits per heavy atom. The largest absolute Gasteiger partial charge is 0.480 e. The third-order valence-electron chi connectivity index (χ3n) is 1.50. The summed E-state index contributed by atoms with van der Waals surface area (Å²) in [5.41, 5.74) is 5.17. The molecular weight excluding hydrogens is 345 g/mol. The number of aliphatic carboxylic acids is 1. The summed E-state index contributed by atoms with van der Waals surface area (Å²) in [6.45, 7) is 0. The van der Waals surface area contributed by atoms with Gasteiger partial charge in [0.15, 0.2) is 2.97 Å². The van der Waals surface area contributed by atoms with Gasteiger partial charge in [0.25, 0.3) is 0 Å². The van der Waals surface area contributed by atoms with Crippen LogP contribution in [-0.2, 0) is 9.36 Å². The fraction of sp³-hybridized carbons (Fsp3) is 0.800. The molecule has 14 heavy (non-hydrogen) atoms. The van der Waals surface area contributed by atoms with Crippen LogP contribution >= 0.6 is 39.5 Å². The Labute approximate surface area is 97.3 Å². The maximum Gasteiger partial charge on any atom is 0.352 e. The molecule has 0 aliphatic heterocycles. The lowest BCUT2D eigenvalue weighted by atomic mass is 10.2. The Morgan fingerprint density at radius 3 is 2.21 bits per heavy atom. The van der Waals surface area contributed by atoms with E-state index in [1.54, 1.807) is 0 Å². The van der Waals surface area contributed by atoms with E-state index in [1.165, 1.54) is 0 Å². The molecule has 84 valence electrons. The zero-order valence-electron chi connectivity index (χ0n) is 6.93. The van der Waals surface area contributed by atoms with Crippen LogP contribution < -0.4 is 5.73 Å². The van der Waals surface area contributed by atoms with E-state index in [1.807, 2.05) is 0 Å².